The molecule has 2 heterocycles. The van der Waals surface area contributed by atoms with Gasteiger partial charge >= 0.3 is 0 Å². The number of aliphatic imine (C=N–C) groups is 1. The Kier molecular flexibility index (Phi) is 5.10. The van der Waals surface area contributed by atoms with Crippen LogP contribution < -0.4 is 5.32 Å². The number of piperidine rings is 1. The molecular weight excluding hydrogens is 402 g/mol. The number of nitrogens with one attached hydrogen (secondary N) is 1. The van der Waals surface area contributed by atoms with Gasteiger partial charge in [0.15, 0.2) is 0 Å². The van der Waals surface area contributed by atoms with E-state index in [0.29, 0.717) is 5.75 Å². The monoisotopic (exact) mass is 427 g/mol. The molecule has 0 bridgehead atoms. The minimum absolute atomic E-state index is 0.0414. The number of nitrogens with zero attached hydrogens (tertiary/aromatic N) is 2. The molecule has 2 N–H and O–H groups in total. The highest BCUT2D eigenvalue weighted by Crippen LogP contribution is 2.38. The molecule has 5 heteroatoms. The Hall–Kier alpha value is -1.69. The Morgan fingerprint density at radius 2 is 1.85 bits per heavy atom. The van der Waals surface area contributed by atoms with Gasteiger partial charge < -0.3 is 10.0 Å². The fraction of sp³-hybridized carbons (Fsp3) is 0.409. The zero-order valence-corrected chi connectivity index (χ0v) is 17.5. The van der Waals surface area contributed by atoms with Gasteiger partial charge in [-0.1, -0.05) is 45.8 Å². The zero-order chi connectivity index (χ0) is 19.0. The highest BCUT2D eigenvalue weighted by Gasteiger charge is 2.40. The highest BCUT2D eigenvalue weighted by atomic mass is 79.9. The molecule has 142 valence electrons. The number of benzene rings is 2. The minimum Gasteiger partial charge on any atom is -0.508 e. The van der Waals surface area contributed by atoms with E-state index in [-0.39, 0.29) is 11.7 Å². The third kappa shape index (κ3) is 3.96. The van der Waals surface area contributed by atoms with Crippen LogP contribution in [0, 0.1) is 6.92 Å². The van der Waals surface area contributed by atoms with Crippen LogP contribution in [0.3, 0.4) is 0 Å². The molecule has 1 atom stereocenters. The molecule has 1 saturated heterocycles. The first-order valence-electron chi connectivity index (χ1n) is 9.55. The smallest absolute Gasteiger partial charge is 0.120 e. The summed E-state index contributed by atoms with van der Waals surface area (Å²) < 4.78 is 0.980. The van der Waals surface area contributed by atoms with Crippen LogP contribution in [0.2, 0.25) is 0 Å². The number of rotatable bonds is 2. The molecule has 4 rings (SSSR count). The van der Waals surface area contributed by atoms with Crippen molar-refractivity contribution in [3.8, 4) is 5.75 Å². The average Bonchev–Trinajstić information content (AvgIpc) is 2.66. The van der Waals surface area contributed by atoms with Gasteiger partial charge in [0.1, 0.15) is 11.4 Å². The molecule has 0 aliphatic carbocycles. The van der Waals surface area contributed by atoms with Gasteiger partial charge in [-0.15, -0.1) is 0 Å². The number of likely N-dealkylation sites (tertiary alicyclic amines) is 1. The first kappa shape index (κ1) is 18.7. The van der Waals surface area contributed by atoms with Crippen LogP contribution in [0.25, 0.3) is 0 Å². The van der Waals surface area contributed by atoms with Crippen molar-refractivity contribution in [3.63, 3.8) is 0 Å². The molecule has 0 aromatic heterocycles. The lowest BCUT2D eigenvalue weighted by Gasteiger charge is -2.44. The second-order valence-electron chi connectivity index (χ2n) is 7.86. The number of aryl methyl sites for hydroxylation is 1. The summed E-state index contributed by atoms with van der Waals surface area (Å²) in [7, 11) is 2.16. The van der Waals surface area contributed by atoms with Crippen molar-refractivity contribution in [2.45, 2.75) is 37.9 Å². The maximum Gasteiger partial charge on any atom is 0.120 e. The van der Waals surface area contributed by atoms with Crippen LogP contribution in [0.1, 0.15) is 42.0 Å². The van der Waals surface area contributed by atoms with Gasteiger partial charge in [0.25, 0.3) is 0 Å². The molecule has 1 fully saturated rings. The van der Waals surface area contributed by atoms with Gasteiger partial charge in [-0.05, 0) is 50.6 Å². The van der Waals surface area contributed by atoms with Crippen LogP contribution in [-0.2, 0) is 0 Å². The zero-order valence-electron chi connectivity index (χ0n) is 15.9. The highest BCUT2D eigenvalue weighted by molar-refractivity contribution is 9.10. The standard InChI is InChI=1S/C22H26BrN3O/c1-15-3-5-16(6-4-15)19-14-20(18-13-17(23)7-8-21(18)27)25-22(24-19)9-11-26(2)12-10-22/h3-8,13,20,25,27H,9-12,14H2,1-2H3. The lowest BCUT2D eigenvalue weighted by Crippen LogP contribution is -2.55. The van der Waals surface area contributed by atoms with Crippen molar-refractivity contribution in [1.29, 1.82) is 0 Å². The Bertz CT molecular complexity index is 854. The fourth-order valence-electron chi connectivity index (χ4n) is 4.07. The Balaban J connectivity index is 1.74. The summed E-state index contributed by atoms with van der Waals surface area (Å²) in [6.45, 7) is 4.15. The fourth-order valence-corrected chi connectivity index (χ4v) is 4.45. The predicted molar refractivity (Wildman–Crippen MR) is 113 cm³/mol. The number of hydrogen-bond acceptors (Lipinski definition) is 4. The molecule has 1 unspecified atom stereocenters. The number of phenols is 1. The summed E-state index contributed by atoms with van der Waals surface area (Å²) in [5.41, 5.74) is 4.23. The van der Waals surface area contributed by atoms with Crippen molar-refractivity contribution in [3.05, 3.63) is 63.6 Å². The van der Waals surface area contributed by atoms with Crippen LogP contribution in [0.4, 0.5) is 0 Å². The van der Waals surface area contributed by atoms with E-state index in [2.05, 4.69) is 64.4 Å². The quantitative estimate of drug-likeness (QED) is 0.745. The molecule has 2 aromatic rings. The molecular formula is C22H26BrN3O. The summed E-state index contributed by atoms with van der Waals surface area (Å²) in [6.07, 6.45) is 2.72. The summed E-state index contributed by atoms with van der Waals surface area (Å²) in [5.74, 6) is 0.337. The van der Waals surface area contributed by atoms with E-state index in [0.717, 1.165) is 48.1 Å². The number of hydrogen-bond donors (Lipinski definition) is 2. The molecule has 2 aromatic carbocycles. The van der Waals surface area contributed by atoms with E-state index in [4.69, 9.17) is 4.99 Å². The maximum atomic E-state index is 10.5. The van der Waals surface area contributed by atoms with Gasteiger partial charge in [-0.2, -0.15) is 0 Å². The van der Waals surface area contributed by atoms with Crippen LogP contribution >= 0.6 is 15.9 Å². The van der Waals surface area contributed by atoms with Gasteiger partial charge in [-0.3, -0.25) is 10.3 Å². The predicted octanol–water partition coefficient (Wildman–Crippen LogP) is 4.41. The molecule has 2 aliphatic rings. The van der Waals surface area contributed by atoms with Gasteiger partial charge in [0.2, 0.25) is 0 Å². The summed E-state index contributed by atoms with van der Waals surface area (Å²) >= 11 is 3.55. The molecule has 0 amide bonds. The van der Waals surface area contributed by atoms with E-state index >= 15 is 0 Å². The first-order chi connectivity index (χ1) is 12.9. The van der Waals surface area contributed by atoms with E-state index in [1.807, 2.05) is 12.1 Å². The lowest BCUT2D eigenvalue weighted by atomic mass is 9.87. The van der Waals surface area contributed by atoms with Crippen LogP contribution in [-0.4, -0.2) is 41.5 Å². The Labute approximate surface area is 169 Å². The van der Waals surface area contributed by atoms with Gasteiger partial charge in [-0.25, -0.2) is 0 Å². The second-order valence-corrected chi connectivity index (χ2v) is 8.78. The molecule has 4 nitrogen and oxygen atoms in total. The number of aromatic hydroxyl groups is 1. The summed E-state index contributed by atoms with van der Waals surface area (Å²) in [6, 6.07) is 14.3. The van der Waals surface area contributed by atoms with Crippen molar-refractivity contribution in [1.82, 2.24) is 10.2 Å². The van der Waals surface area contributed by atoms with Crippen LogP contribution in [0.15, 0.2) is 51.9 Å². The van der Waals surface area contributed by atoms with Gasteiger partial charge in [0.05, 0.1) is 0 Å². The number of phenolic OH excluding ortho intramolecular Hbond substituents is 1. The molecule has 0 radical (unpaired) electrons. The molecule has 2 aliphatic heterocycles. The normalized spacial score (nSPS) is 22.6. The minimum atomic E-state index is -0.260. The van der Waals surface area contributed by atoms with Crippen molar-refractivity contribution in [2.75, 3.05) is 20.1 Å². The molecule has 0 saturated carbocycles. The van der Waals surface area contributed by atoms with E-state index in [1.165, 1.54) is 11.1 Å². The molecule has 27 heavy (non-hydrogen) atoms. The summed E-state index contributed by atoms with van der Waals surface area (Å²) in [4.78, 5) is 7.58. The lowest BCUT2D eigenvalue weighted by molar-refractivity contribution is 0.144. The SMILES string of the molecule is Cc1ccc(C2=NC3(CCN(C)CC3)NC(c3cc(Br)ccc3O)C2)cc1. The molecule has 1 spiro atoms. The van der Waals surface area contributed by atoms with Crippen molar-refractivity contribution in [2.24, 2.45) is 4.99 Å². The summed E-state index contributed by atoms with van der Waals surface area (Å²) in [5, 5.41) is 14.3. The van der Waals surface area contributed by atoms with E-state index in [1.54, 1.807) is 6.07 Å². The van der Waals surface area contributed by atoms with Crippen molar-refractivity contribution < 1.29 is 5.11 Å². The van der Waals surface area contributed by atoms with Crippen molar-refractivity contribution >= 4 is 21.6 Å². The van der Waals surface area contributed by atoms with E-state index < -0.39 is 0 Å². The Morgan fingerprint density at radius 1 is 1.15 bits per heavy atom. The third-order valence-corrected chi connectivity index (χ3v) is 6.25. The third-order valence-electron chi connectivity index (χ3n) is 5.75. The average molecular weight is 428 g/mol. The first-order valence-corrected chi connectivity index (χ1v) is 10.3. The van der Waals surface area contributed by atoms with E-state index in [9.17, 15) is 5.11 Å². The van der Waals surface area contributed by atoms with Gasteiger partial charge in [0, 0.05) is 41.3 Å². The Morgan fingerprint density at radius 3 is 2.56 bits per heavy atom. The second kappa shape index (κ2) is 7.38. The maximum absolute atomic E-state index is 10.5. The number of halogens is 1. The largest absolute Gasteiger partial charge is 0.508 e. The van der Waals surface area contributed by atoms with Crippen LogP contribution in [0.5, 0.6) is 5.75 Å². The topological polar surface area (TPSA) is 47.9 Å².